The van der Waals surface area contributed by atoms with Crippen LogP contribution in [0.5, 0.6) is 0 Å². The van der Waals surface area contributed by atoms with E-state index >= 15 is 0 Å². The number of nitrogens with zero attached hydrogens (tertiary/aromatic N) is 3. The van der Waals surface area contributed by atoms with Crippen LogP contribution >= 0.6 is 0 Å². The van der Waals surface area contributed by atoms with Gasteiger partial charge in [-0.15, -0.1) is 0 Å². The van der Waals surface area contributed by atoms with E-state index in [9.17, 15) is 5.11 Å². The number of nitrogens with one attached hydrogen (secondary N) is 2. The lowest BCUT2D eigenvalue weighted by atomic mass is 9.94. The summed E-state index contributed by atoms with van der Waals surface area (Å²) in [5.74, 6) is 2.82. The number of aliphatic hydroxyl groups excluding tert-OH is 1. The summed E-state index contributed by atoms with van der Waals surface area (Å²) in [4.78, 5) is 11.1. The zero-order valence-corrected chi connectivity index (χ0v) is 16.4. The minimum Gasteiger partial charge on any atom is -0.396 e. The molecule has 0 spiro atoms. The van der Waals surface area contributed by atoms with Crippen molar-refractivity contribution in [2.45, 2.75) is 40.2 Å². The number of aromatic nitrogens is 1. The lowest BCUT2D eigenvalue weighted by molar-refractivity contribution is 0.243. The third kappa shape index (κ3) is 8.20. The van der Waals surface area contributed by atoms with Crippen molar-refractivity contribution < 1.29 is 5.11 Å². The molecule has 6 heteroatoms. The Kier molecular flexibility index (Phi) is 9.92. The highest BCUT2D eigenvalue weighted by atomic mass is 16.3. The van der Waals surface area contributed by atoms with Crippen LogP contribution in [-0.4, -0.2) is 49.8 Å². The molecule has 25 heavy (non-hydrogen) atoms. The van der Waals surface area contributed by atoms with Gasteiger partial charge in [-0.25, -0.2) is 9.98 Å². The first kappa shape index (κ1) is 21.2. The molecule has 0 amide bonds. The van der Waals surface area contributed by atoms with Gasteiger partial charge in [0.05, 0.1) is 6.54 Å². The van der Waals surface area contributed by atoms with Gasteiger partial charge in [0.15, 0.2) is 5.96 Å². The van der Waals surface area contributed by atoms with E-state index in [1.54, 1.807) is 6.20 Å². The van der Waals surface area contributed by atoms with Crippen molar-refractivity contribution in [3.05, 3.63) is 23.9 Å². The third-order valence-corrected chi connectivity index (χ3v) is 3.94. The fourth-order valence-corrected chi connectivity index (χ4v) is 2.86. The molecule has 142 valence electrons. The number of pyridine rings is 1. The largest absolute Gasteiger partial charge is 0.396 e. The Morgan fingerprint density at radius 3 is 2.68 bits per heavy atom. The molecule has 0 aliphatic heterocycles. The first-order chi connectivity index (χ1) is 12.0. The van der Waals surface area contributed by atoms with Gasteiger partial charge in [-0.1, -0.05) is 19.9 Å². The Hall–Kier alpha value is -1.82. The Morgan fingerprint density at radius 1 is 1.32 bits per heavy atom. The molecule has 0 bridgehead atoms. The number of anilines is 1. The second kappa shape index (κ2) is 11.7. The van der Waals surface area contributed by atoms with Gasteiger partial charge in [-0.2, -0.15) is 0 Å². The monoisotopic (exact) mass is 349 g/mol. The topological polar surface area (TPSA) is 72.8 Å². The van der Waals surface area contributed by atoms with Crippen molar-refractivity contribution in [1.29, 1.82) is 0 Å². The maximum absolute atomic E-state index is 9.27. The molecule has 1 aromatic heterocycles. The van der Waals surface area contributed by atoms with Gasteiger partial charge in [-0.3, -0.25) is 0 Å². The van der Waals surface area contributed by atoms with Gasteiger partial charge in [-0.05, 0) is 37.7 Å². The molecule has 1 aromatic rings. The van der Waals surface area contributed by atoms with Crippen molar-refractivity contribution in [3.63, 3.8) is 0 Å². The van der Waals surface area contributed by atoms with Gasteiger partial charge < -0.3 is 20.6 Å². The molecular formula is C19H35N5O. The number of guanidine groups is 1. The van der Waals surface area contributed by atoms with Gasteiger partial charge in [0.25, 0.3) is 0 Å². The maximum atomic E-state index is 9.27. The summed E-state index contributed by atoms with van der Waals surface area (Å²) in [5.41, 5.74) is 1.10. The van der Waals surface area contributed by atoms with Crippen molar-refractivity contribution in [3.8, 4) is 0 Å². The van der Waals surface area contributed by atoms with Gasteiger partial charge in [0.1, 0.15) is 5.82 Å². The van der Waals surface area contributed by atoms with Crippen LogP contribution in [0, 0.1) is 11.8 Å². The second-order valence-electron chi connectivity index (χ2n) is 6.96. The van der Waals surface area contributed by atoms with Crippen molar-refractivity contribution in [2.75, 3.05) is 38.7 Å². The Labute approximate surface area is 152 Å². The Bertz CT molecular complexity index is 516. The minimum absolute atomic E-state index is 0.231. The molecule has 1 unspecified atom stereocenters. The van der Waals surface area contributed by atoms with E-state index in [1.807, 2.05) is 25.1 Å². The third-order valence-electron chi connectivity index (χ3n) is 3.94. The molecule has 0 aliphatic rings. The zero-order valence-electron chi connectivity index (χ0n) is 16.4. The van der Waals surface area contributed by atoms with Gasteiger partial charge >= 0.3 is 0 Å². The maximum Gasteiger partial charge on any atom is 0.191 e. The number of hydrogen-bond acceptors (Lipinski definition) is 4. The van der Waals surface area contributed by atoms with E-state index in [0.717, 1.165) is 43.3 Å². The average molecular weight is 350 g/mol. The smallest absolute Gasteiger partial charge is 0.191 e. The van der Waals surface area contributed by atoms with Gasteiger partial charge in [0, 0.05) is 45.6 Å². The van der Waals surface area contributed by atoms with Crippen LogP contribution in [-0.2, 0) is 6.54 Å². The number of rotatable bonds is 10. The summed E-state index contributed by atoms with van der Waals surface area (Å²) in [5, 5.41) is 16.0. The average Bonchev–Trinajstić information content (AvgIpc) is 2.57. The molecule has 1 rings (SSSR count). The molecule has 0 fully saturated rings. The standard InChI is InChI=1S/C19H35N5O/c1-6-20-19(22-13-16(9-11-25)12-15(2)3)23-14-17-8-7-10-21-18(17)24(4)5/h7-8,10,15-16,25H,6,9,11-14H2,1-5H3,(H2,20,22,23). The van der Waals surface area contributed by atoms with Crippen LogP contribution in [0.3, 0.4) is 0 Å². The van der Waals surface area contributed by atoms with Crippen molar-refractivity contribution >= 4 is 11.8 Å². The summed E-state index contributed by atoms with van der Waals surface area (Å²) in [7, 11) is 3.98. The highest BCUT2D eigenvalue weighted by molar-refractivity contribution is 5.79. The minimum atomic E-state index is 0.231. The summed E-state index contributed by atoms with van der Waals surface area (Å²) in [6, 6.07) is 4.00. The van der Waals surface area contributed by atoms with Crippen LogP contribution in [0.15, 0.2) is 23.3 Å². The summed E-state index contributed by atoms with van der Waals surface area (Å²) in [6.45, 7) is 8.93. The molecule has 0 saturated heterocycles. The predicted octanol–water partition coefficient (Wildman–Crippen LogP) is 2.25. The van der Waals surface area contributed by atoms with Gasteiger partial charge in [0.2, 0.25) is 0 Å². The Morgan fingerprint density at radius 2 is 2.08 bits per heavy atom. The van der Waals surface area contributed by atoms with Crippen LogP contribution < -0.4 is 15.5 Å². The molecule has 0 radical (unpaired) electrons. The van der Waals surface area contributed by atoms with E-state index in [0.29, 0.717) is 18.4 Å². The van der Waals surface area contributed by atoms with Crippen LogP contribution in [0.4, 0.5) is 5.82 Å². The fourth-order valence-electron chi connectivity index (χ4n) is 2.86. The highest BCUT2D eigenvalue weighted by Gasteiger charge is 2.12. The van der Waals surface area contributed by atoms with E-state index in [1.165, 1.54) is 0 Å². The molecule has 6 nitrogen and oxygen atoms in total. The molecular weight excluding hydrogens is 314 g/mol. The van der Waals surface area contributed by atoms with E-state index in [4.69, 9.17) is 4.99 Å². The summed E-state index contributed by atoms with van der Waals surface area (Å²) >= 11 is 0. The first-order valence-corrected chi connectivity index (χ1v) is 9.22. The molecule has 1 atom stereocenters. The molecule has 1 heterocycles. The quantitative estimate of drug-likeness (QED) is 0.446. The molecule has 0 saturated carbocycles. The van der Waals surface area contributed by atoms with E-state index in [2.05, 4.69) is 42.5 Å². The zero-order chi connectivity index (χ0) is 18.7. The number of hydrogen-bond donors (Lipinski definition) is 3. The van der Waals surface area contributed by atoms with E-state index < -0.39 is 0 Å². The lowest BCUT2D eigenvalue weighted by Crippen LogP contribution is -2.40. The van der Waals surface area contributed by atoms with Crippen molar-refractivity contribution in [2.24, 2.45) is 16.8 Å². The molecule has 0 aliphatic carbocycles. The predicted molar refractivity (Wildman–Crippen MR) is 106 cm³/mol. The number of aliphatic imine (C=N–C) groups is 1. The van der Waals surface area contributed by atoms with Crippen molar-refractivity contribution in [1.82, 2.24) is 15.6 Å². The molecule has 0 aromatic carbocycles. The normalized spacial score (nSPS) is 13.0. The fraction of sp³-hybridized carbons (Fsp3) is 0.684. The number of aliphatic hydroxyl groups is 1. The second-order valence-corrected chi connectivity index (χ2v) is 6.96. The molecule has 3 N–H and O–H groups in total. The first-order valence-electron chi connectivity index (χ1n) is 9.22. The van der Waals surface area contributed by atoms with Crippen LogP contribution in [0.25, 0.3) is 0 Å². The highest BCUT2D eigenvalue weighted by Crippen LogP contribution is 2.16. The Balaban J connectivity index is 2.73. The van der Waals surface area contributed by atoms with Crippen LogP contribution in [0.1, 0.15) is 39.2 Å². The lowest BCUT2D eigenvalue weighted by Gasteiger charge is -2.20. The van der Waals surface area contributed by atoms with Crippen LogP contribution in [0.2, 0.25) is 0 Å². The SMILES string of the molecule is CCNC(=NCc1cccnc1N(C)C)NCC(CCO)CC(C)C. The summed E-state index contributed by atoms with van der Waals surface area (Å²) in [6.07, 6.45) is 3.72. The van der Waals surface area contributed by atoms with E-state index in [-0.39, 0.29) is 6.61 Å². The summed E-state index contributed by atoms with van der Waals surface area (Å²) < 4.78 is 0.